The van der Waals surface area contributed by atoms with Crippen LogP contribution >= 0.6 is 11.6 Å². The molecule has 5 nitrogen and oxygen atoms in total. The Kier molecular flexibility index (Phi) is 6.47. The number of rotatable bonds is 6. The van der Waals surface area contributed by atoms with Gasteiger partial charge in [-0.1, -0.05) is 17.7 Å². The van der Waals surface area contributed by atoms with Crippen LogP contribution in [-0.4, -0.2) is 47.0 Å². The number of likely N-dealkylation sites (N-methyl/N-ethyl adjacent to an activating group) is 1. The molecule has 0 radical (unpaired) electrons. The summed E-state index contributed by atoms with van der Waals surface area (Å²) < 4.78 is 14.2. The number of aromatic nitrogens is 1. The average Bonchev–Trinajstić information content (AvgIpc) is 2.56. The minimum absolute atomic E-state index is 0.0272. The normalized spacial score (nSPS) is 12.9. The van der Waals surface area contributed by atoms with Crippen LogP contribution in [0.4, 0.5) is 4.39 Å². The van der Waals surface area contributed by atoms with Crippen molar-refractivity contribution in [1.82, 2.24) is 9.88 Å². The smallest absolute Gasteiger partial charge is 0.145 e. The summed E-state index contributed by atoms with van der Waals surface area (Å²) in [6, 6.07) is 4.20. The molecule has 0 spiro atoms. The van der Waals surface area contributed by atoms with E-state index in [1.807, 2.05) is 19.0 Å². The average molecular weight is 366 g/mol. The van der Waals surface area contributed by atoms with Crippen molar-refractivity contribution < 1.29 is 14.6 Å². The van der Waals surface area contributed by atoms with E-state index in [1.165, 1.54) is 18.5 Å². The summed E-state index contributed by atoms with van der Waals surface area (Å²) >= 11 is 6.16. The molecule has 0 fully saturated rings. The van der Waals surface area contributed by atoms with Crippen LogP contribution in [0.2, 0.25) is 5.02 Å². The summed E-state index contributed by atoms with van der Waals surface area (Å²) in [4.78, 5) is 10.2. The number of benzene rings is 1. The van der Waals surface area contributed by atoms with E-state index in [0.717, 1.165) is 0 Å². The number of aryl methyl sites for hydroxylation is 1. The Morgan fingerprint density at radius 1 is 1.40 bits per heavy atom. The van der Waals surface area contributed by atoms with Gasteiger partial charge in [0.2, 0.25) is 0 Å². The Morgan fingerprint density at radius 2 is 2.12 bits per heavy atom. The highest BCUT2D eigenvalue weighted by molar-refractivity contribution is 6.31. The Hall–Kier alpha value is -2.02. The maximum atomic E-state index is 14.2. The number of aliphatic imine (C=N–C) groups is 1. The van der Waals surface area contributed by atoms with Crippen molar-refractivity contribution in [1.29, 1.82) is 0 Å². The first-order valence-electron chi connectivity index (χ1n) is 7.75. The van der Waals surface area contributed by atoms with Crippen LogP contribution in [0.15, 0.2) is 29.4 Å². The quantitative estimate of drug-likeness (QED) is 0.772. The molecule has 0 bridgehead atoms. The molecule has 2 N–H and O–H groups in total. The van der Waals surface area contributed by atoms with Gasteiger partial charge in [0.15, 0.2) is 0 Å². The van der Waals surface area contributed by atoms with E-state index in [2.05, 4.69) is 9.98 Å². The number of halogens is 2. The van der Waals surface area contributed by atoms with Crippen LogP contribution in [0.1, 0.15) is 28.4 Å². The molecule has 1 aromatic carbocycles. The van der Waals surface area contributed by atoms with Crippen molar-refractivity contribution in [3.05, 3.63) is 57.6 Å². The molecule has 0 amide bonds. The molecule has 25 heavy (non-hydrogen) atoms. The first-order chi connectivity index (χ1) is 11.9. The fourth-order valence-electron chi connectivity index (χ4n) is 2.51. The third-order valence-electron chi connectivity index (χ3n) is 3.98. The molecule has 1 aromatic heterocycles. The van der Waals surface area contributed by atoms with Gasteiger partial charge in [0, 0.05) is 34.1 Å². The zero-order chi connectivity index (χ0) is 18.6. The predicted octanol–water partition coefficient (Wildman–Crippen LogP) is 3.10. The monoisotopic (exact) mass is 365 g/mol. The maximum Gasteiger partial charge on any atom is 0.145 e. The van der Waals surface area contributed by atoms with E-state index in [1.54, 1.807) is 19.1 Å². The highest BCUT2D eigenvalue weighted by atomic mass is 35.5. The minimum Gasteiger partial charge on any atom is -0.505 e. The van der Waals surface area contributed by atoms with Crippen LogP contribution in [0.5, 0.6) is 5.75 Å². The zero-order valence-corrected chi connectivity index (χ0v) is 15.1. The Morgan fingerprint density at radius 3 is 2.72 bits per heavy atom. The van der Waals surface area contributed by atoms with Gasteiger partial charge < -0.3 is 15.1 Å². The van der Waals surface area contributed by atoms with Gasteiger partial charge in [-0.25, -0.2) is 4.39 Å². The van der Waals surface area contributed by atoms with E-state index >= 15 is 0 Å². The number of hydrogen-bond donors (Lipinski definition) is 2. The Balaban J connectivity index is 2.32. The molecule has 0 aliphatic heterocycles. The largest absolute Gasteiger partial charge is 0.505 e. The molecule has 0 unspecified atom stereocenters. The molecule has 0 aliphatic rings. The van der Waals surface area contributed by atoms with Crippen molar-refractivity contribution in [2.75, 3.05) is 20.6 Å². The van der Waals surface area contributed by atoms with E-state index in [0.29, 0.717) is 27.4 Å². The standard InChI is InChI=1S/C18H21ClFN3O2/c1-11-18(25)13(12(10-24)7-22-11)8-21-9-16(23(2)3)17-14(19)5-4-6-15(17)20/h4-8,16,24-25H,9-10H2,1-3H3/t16-/m0/s1. The topological polar surface area (TPSA) is 69.0 Å². The lowest BCUT2D eigenvalue weighted by Gasteiger charge is -2.24. The molecular formula is C18H21ClFN3O2. The Labute approximate surface area is 151 Å². The summed E-state index contributed by atoms with van der Waals surface area (Å²) in [6.45, 7) is 1.63. The summed E-state index contributed by atoms with van der Waals surface area (Å²) in [5.41, 5.74) is 1.70. The first-order valence-corrected chi connectivity index (χ1v) is 8.13. The SMILES string of the molecule is Cc1ncc(CO)c(C=NC[C@@H](c2c(F)cccc2Cl)N(C)C)c1O. The molecule has 7 heteroatoms. The highest BCUT2D eigenvalue weighted by Crippen LogP contribution is 2.29. The lowest BCUT2D eigenvalue weighted by atomic mass is 10.0. The fourth-order valence-corrected chi connectivity index (χ4v) is 2.80. The van der Waals surface area contributed by atoms with Crippen LogP contribution in [0.3, 0.4) is 0 Å². The number of aromatic hydroxyl groups is 1. The van der Waals surface area contributed by atoms with Gasteiger partial charge in [0.1, 0.15) is 11.6 Å². The highest BCUT2D eigenvalue weighted by Gasteiger charge is 2.20. The van der Waals surface area contributed by atoms with Crippen LogP contribution in [-0.2, 0) is 6.61 Å². The lowest BCUT2D eigenvalue weighted by molar-refractivity contribution is 0.280. The second-order valence-corrected chi connectivity index (χ2v) is 6.31. The van der Waals surface area contributed by atoms with E-state index < -0.39 is 0 Å². The van der Waals surface area contributed by atoms with Crippen molar-refractivity contribution in [2.24, 2.45) is 4.99 Å². The van der Waals surface area contributed by atoms with Gasteiger partial charge in [-0.3, -0.25) is 9.98 Å². The van der Waals surface area contributed by atoms with Gasteiger partial charge in [0.25, 0.3) is 0 Å². The van der Waals surface area contributed by atoms with Crippen LogP contribution in [0, 0.1) is 12.7 Å². The molecule has 1 atom stereocenters. The van der Waals surface area contributed by atoms with Crippen LogP contribution < -0.4 is 0 Å². The molecule has 0 saturated heterocycles. The number of hydrogen-bond acceptors (Lipinski definition) is 5. The molecular weight excluding hydrogens is 345 g/mol. The number of nitrogens with zero attached hydrogens (tertiary/aromatic N) is 3. The number of aliphatic hydroxyl groups excluding tert-OH is 1. The van der Waals surface area contributed by atoms with Crippen molar-refractivity contribution in [3.63, 3.8) is 0 Å². The first kappa shape index (κ1) is 19.3. The van der Waals surface area contributed by atoms with Crippen LogP contribution in [0.25, 0.3) is 0 Å². The van der Waals surface area contributed by atoms with E-state index in [9.17, 15) is 14.6 Å². The summed E-state index contributed by atoms with van der Waals surface area (Å²) in [7, 11) is 3.63. The molecule has 0 aliphatic carbocycles. The second kappa shape index (κ2) is 8.38. The predicted molar refractivity (Wildman–Crippen MR) is 96.9 cm³/mol. The third kappa shape index (κ3) is 4.34. The van der Waals surface area contributed by atoms with Crippen molar-refractivity contribution >= 4 is 17.8 Å². The van der Waals surface area contributed by atoms with Gasteiger partial charge in [-0.05, 0) is 33.2 Å². The molecule has 2 aromatic rings. The summed E-state index contributed by atoms with van der Waals surface area (Å²) in [5, 5.41) is 19.9. The molecule has 1 heterocycles. The summed E-state index contributed by atoms with van der Waals surface area (Å²) in [5.74, 6) is -0.416. The fraction of sp³-hybridized carbons (Fsp3) is 0.333. The third-order valence-corrected chi connectivity index (χ3v) is 4.31. The summed E-state index contributed by atoms with van der Waals surface area (Å²) in [6.07, 6.45) is 2.97. The number of pyridine rings is 1. The van der Waals surface area contributed by atoms with E-state index in [-0.39, 0.29) is 30.8 Å². The Bertz CT molecular complexity index is 761. The van der Waals surface area contributed by atoms with Gasteiger partial charge in [-0.2, -0.15) is 0 Å². The lowest BCUT2D eigenvalue weighted by Crippen LogP contribution is -2.24. The van der Waals surface area contributed by atoms with E-state index in [4.69, 9.17) is 11.6 Å². The van der Waals surface area contributed by atoms with Crippen molar-refractivity contribution in [3.8, 4) is 5.75 Å². The maximum absolute atomic E-state index is 14.2. The number of aliphatic hydroxyl groups is 1. The molecule has 2 rings (SSSR count). The zero-order valence-electron chi connectivity index (χ0n) is 14.4. The molecule has 134 valence electrons. The van der Waals surface area contributed by atoms with Gasteiger partial charge in [-0.15, -0.1) is 0 Å². The second-order valence-electron chi connectivity index (χ2n) is 5.90. The van der Waals surface area contributed by atoms with Gasteiger partial charge in [0.05, 0.1) is 24.9 Å². The molecule has 0 saturated carbocycles. The van der Waals surface area contributed by atoms with Crippen molar-refractivity contribution in [2.45, 2.75) is 19.6 Å². The van der Waals surface area contributed by atoms with Gasteiger partial charge >= 0.3 is 0 Å². The minimum atomic E-state index is -0.389.